The van der Waals surface area contributed by atoms with Gasteiger partial charge in [-0.3, -0.25) is 0 Å². The van der Waals surface area contributed by atoms with Gasteiger partial charge in [0, 0.05) is 19.1 Å². The standard InChI is InChI=1S/C14H23N3O2S/c1-16(2)13-8-10-17(11-13)20(18,19)14-5-3-12(4-6-14)7-9-15/h3-6,13H,7-11,15H2,1-2H3. The van der Waals surface area contributed by atoms with Gasteiger partial charge in [0.15, 0.2) is 0 Å². The van der Waals surface area contributed by atoms with E-state index in [4.69, 9.17) is 5.73 Å². The number of sulfonamides is 1. The summed E-state index contributed by atoms with van der Waals surface area (Å²) in [4.78, 5) is 2.46. The SMILES string of the molecule is CN(C)C1CCN(S(=O)(=O)c2ccc(CCN)cc2)C1. The van der Waals surface area contributed by atoms with Gasteiger partial charge < -0.3 is 10.6 Å². The van der Waals surface area contributed by atoms with Crippen molar-refractivity contribution in [2.24, 2.45) is 5.73 Å². The Kier molecular flexibility index (Phi) is 4.80. The topological polar surface area (TPSA) is 66.6 Å². The zero-order valence-corrected chi connectivity index (χ0v) is 12.9. The van der Waals surface area contributed by atoms with Crippen molar-refractivity contribution >= 4 is 10.0 Å². The maximum absolute atomic E-state index is 12.6. The van der Waals surface area contributed by atoms with Crippen LogP contribution >= 0.6 is 0 Å². The Balaban J connectivity index is 2.14. The van der Waals surface area contributed by atoms with Crippen molar-refractivity contribution < 1.29 is 8.42 Å². The lowest BCUT2D eigenvalue weighted by atomic mass is 10.2. The highest BCUT2D eigenvalue weighted by Crippen LogP contribution is 2.23. The number of nitrogens with two attached hydrogens (primary N) is 1. The van der Waals surface area contributed by atoms with Crippen LogP contribution in [0.4, 0.5) is 0 Å². The van der Waals surface area contributed by atoms with Gasteiger partial charge in [-0.25, -0.2) is 8.42 Å². The average molecular weight is 297 g/mol. The molecule has 1 unspecified atom stereocenters. The molecule has 1 atom stereocenters. The van der Waals surface area contributed by atoms with Gasteiger partial charge in [-0.05, 0) is 51.2 Å². The Morgan fingerprint density at radius 3 is 2.45 bits per heavy atom. The minimum Gasteiger partial charge on any atom is -0.330 e. The van der Waals surface area contributed by atoms with E-state index in [0.29, 0.717) is 30.6 Å². The fourth-order valence-corrected chi connectivity index (χ4v) is 3.99. The maximum atomic E-state index is 12.6. The van der Waals surface area contributed by atoms with E-state index in [2.05, 4.69) is 4.90 Å². The van der Waals surface area contributed by atoms with Crippen molar-refractivity contribution in [2.45, 2.75) is 23.8 Å². The summed E-state index contributed by atoms with van der Waals surface area (Å²) in [6, 6.07) is 7.37. The van der Waals surface area contributed by atoms with Gasteiger partial charge in [-0.15, -0.1) is 0 Å². The molecule has 5 nitrogen and oxygen atoms in total. The van der Waals surface area contributed by atoms with Crippen LogP contribution in [0.15, 0.2) is 29.2 Å². The van der Waals surface area contributed by atoms with Crippen LogP contribution in [0.3, 0.4) is 0 Å². The van der Waals surface area contributed by atoms with Gasteiger partial charge in [0.05, 0.1) is 4.90 Å². The molecule has 1 aromatic rings. The number of nitrogens with zero attached hydrogens (tertiary/aromatic N) is 2. The molecule has 0 spiro atoms. The maximum Gasteiger partial charge on any atom is 0.243 e. The molecular formula is C14H23N3O2S. The summed E-state index contributed by atoms with van der Waals surface area (Å²) in [6.45, 7) is 1.73. The predicted octanol–water partition coefficient (Wildman–Crippen LogP) is 0.512. The first-order valence-corrected chi connectivity index (χ1v) is 8.34. The van der Waals surface area contributed by atoms with Gasteiger partial charge >= 0.3 is 0 Å². The highest BCUT2D eigenvalue weighted by atomic mass is 32.2. The number of rotatable bonds is 5. The number of hydrogen-bond acceptors (Lipinski definition) is 4. The summed E-state index contributed by atoms with van der Waals surface area (Å²) in [7, 11) is 0.616. The third-order valence-electron chi connectivity index (χ3n) is 3.85. The molecule has 2 N–H and O–H groups in total. The van der Waals surface area contributed by atoms with Crippen LogP contribution in [-0.2, 0) is 16.4 Å². The predicted molar refractivity (Wildman–Crippen MR) is 80.1 cm³/mol. The average Bonchev–Trinajstić information content (AvgIpc) is 2.90. The molecule has 0 aromatic heterocycles. The van der Waals surface area contributed by atoms with E-state index in [0.717, 1.165) is 18.4 Å². The Morgan fingerprint density at radius 2 is 1.95 bits per heavy atom. The van der Waals surface area contributed by atoms with Crippen molar-refractivity contribution in [1.29, 1.82) is 0 Å². The number of likely N-dealkylation sites (N-methyl/N-ethyl adjacent to an activating group) is 1. The van der Waals surface area contributed by atoms with Crippen molar-refractivity contribution in [3.05, 3.63) is 29.8 Å². The number of benzene rings is 1. The van der Waals surface area contributed by atoms with E-state index >= 15 is 0 Å². The second kappa shape index (κ2) is 6.22. The number of hydrogen-bond donors (Lipinski definition) is 1. The summed E-state index contributed by atoms with van der Waals surface area (Å²) in [5, 5.41) is 0. The third kappa shape index (κ3) is 3.20. The molecule has 1 aliphatic rings. The molecular weight excluding hydrogens is 274 g/mol. The van der Waals surface area contributed by atoms with Gasteiger partial charge in [0.1, 0.15) is 0 Å². The molecule has 0 radical (unpaired) electrons. The quantitative estimate of drug-likeness (QED) is 0.860. The zero-order valence-electron chi connectivity index (χ0n) is 12.1. The Bertz CT molecular complexity index is 540. The van der Waals surface area contributed by atoms with Gasteiger partial charge in [0.2, 0.25) is 10.0 Å². The first kappa shape index (κ1) is 15.4. The van der Waals surface area contributed by atoms with E-state index in [1.54, 1.807) is 16.4 Å². The summed E-state index contributed by atoms with van der Waals surface area (Å²) < 4.78 is 26.7. The molecule has 1 saturated heterocycles. The first-order chi connectivity index (χ1) is 9.45. The molecule has 20 heavy (non-hydrogen) atoms. The molecule has 112 valence electrons. The van der Waals surface area contributed by atoms with Crippen molar-refractivity contribution in [1.82, 2.24) is 9.21 Å². The largest absolute Gasteiger partial charge is 0.330 e. The summed E-state index contributed by atoms with van der Waals surface area (Å²) in [6.07, 6.45) is 1.66. The van der Waals surface area contributed by atoms with Crippen LogP contribution < -0.4 is 5.73 Å². The van der Waals surface area contributed by atoms with Crippen LogP contribution in [0, 0.1) is 0 Å². The fourth-order valence-electron chi connectivity index (χ4n) is 2.49. The van der Waals surface area contributed by atoms with Crippen molar-refractivity contribution in [2.75, 3.05) is 33.7 Å². The second-order valence-electron chi connectivity index (χ2n) is 5.45. The Hall–Kier alpha value is -0.950. The zero-order chi connectivity index (χ0) is 14.8. The molecule has 0 saturated carbocycles. The minimum atomic E-state index is -3.36. The lowest BCUT2D eigenvalue weighted by Crippen LogP contribution is -2.34. The van der Waals surface area contributed by atoms with Gasteiger partial charge in [-0.1, -0.05) is 12.1 Å². The summed E-state index contributed by atoms with van der Waals surface area (Å²) in [5.41, 5.74) is 6.56. The molecule has 0 bridgehead atoms. The summed E-state index contributed by atoms with van der Waals surface area (Å²) >= 11 is 0. The van der Waals surface area contributed by atoms with Crippen molar-refractivity contribution in [3.63, 3.8) is 0 Å². The van der Waals surface area contributed by atoms with E-state index < -0.39 is 10.0 Å². The van der Waals surface area contributed by atoms with Crippen LogP contribution in [0.25, 0.3) is 0 Å². The second-order valence-corrected chi connectivity index (χ2v) is 7.39. The van der Waals surface area contributed by atoms with Crippen LogP contribution in [0.2, 0.25) is 0 Å². The highest BCUT2D eigenvalue weighted by Gasteiger charge is 2.33. The van der Waals surface area contributed by atoms with E-state index in [9.17, 15) is 8.42 Å². The van der Waals surface area contributed by atoms with Crippen LogP contribution in [-0.4, -0.2) is 57.4 Å². The molecule has 1 aliphatic heterocycles. The first-order valence-electron chi connectivity index (χ1n) is 6.90. The van der Waals surface area contributed by atoms with Crippen molar-refractivity contribution in [3.8, 4) is 0 Å². The van der Waals surface area contributed by atoms with Gasteiger partial charge in [-0.2, -0.15) is 4.31 Å². The van der Waals surface area contributed by atoms with E-state index in [1.165, 1.54) is 0 Å². The normalized spacial score (nSPS) is 20.7. The van der Waals surface area contributed by atoms with E-state index in [1.807, 2.05) is 26.2 Å². The lowest BCUT2D eigenvalue weighted by Gasteiger charge is -2.20. The Labute approximate surface area is 121 Å². The fraction of sp³-hybridized carbons (Fsp3) is 0.571. The molecule has 1 aromatic carbocycles. The molecule has 2 rings (SSSR count). The molecule has 6 heteroatoms. The smallest absolute Gasteiger partial charge is 0.243 e. The van der Waals surface area contributed by atoms with Crippen LogP contribution in [0.1, 0.15) is 12.0 Å². The minimum absolute atomic E-state index is 0.307. The summed E-state index contributed by atoms with van der Waals surface area (Å²) in [5.74, 6) is 0. The van der Waals surface area contributed by atoms with Crippen LogP contribution in [0.5, 0.6) is 0 Å². The lowest BCUT2D eigenvalue weighted by molar-refractivity contribution is 0.302. The molecule has 0 aliphatic carbocycles. The monoisotopic (exact) mass is 297 g/mol. The third-order valence-corrected chi connectivity index (χ3v) is 5.73. The van der Waals surface area contributed by atoms with Gasteiger partial charge in [0.25, 0.3) is 0 Å². The molecule has 0 amide bonds. The molecule has 1 fully saturated rings. The highest BCUT2D eigenvalue weighted by molar-refractivity contribution is 7.89. The molecule has 1 heterocycles. The Morgan fingerprint density at radius 1 is 1.30 bits per heavy atom. The van der Waals surface area contributed by atoms with E-state index in [-0.39, 0.29) is 0 Å².